The number of carbonyl (C=O) groups excluding carboxylic acids is 1. The summed E-state index contributed by atoms with van der Waals surface area (Å²) in [5.74, 6) is -0.483. The van der Waals surface area contributed by atoms with Crippen molar-refractivity contribution in [3.05, 3.63) is 23.9 Å². The van der Waals surface area contributed by atoms with Gasteiger partial charge in [-0.05, 0) is 18.9 Å². The lowest BCUT2D eigenvalue weighted by molar-refractivity contribution is -0.154. The molecule has 0 saturated carbocycles. The molecule has 0 aromatic carbocycles. The second-order valence-electron chi connectivity index (χ2n) is 5.15. The number of amides is 1. The molecule has 0 radical (unpaired) electrons. The Labute approximate surface area is 155 Å². The van der Waals surface area contributed by atoms with Crippen molar-refractivity contribution in [3.8, 4) is 5.88 Å². The Hall–Kier alpha value is -1.29. The Bertz CT molecular complexity index is 550. The molecule has 0 spiro atoms. The second kappa shape index (κ2) is 10.6. The average Bonchev–Trinajstić information content (AvgIpc) is 2.99. The number of aromatic nitrogens is 1. The molecule has 0 aliphatic carbocycles. The van der Waals surface area contributed by atoms with Crippen LogP contribution >= 0.6 is 24.8 Å². The lowest BCUT2D eigenvalue weighted by atomic mass is 10.2. The predicted molar refractivity (Wildman–Crippen MR) is 89.1 cm³/mol. The summed E-state index contributed by atoms with van der Waals surface area (Å²) in [6, 6.07) is 3.09. The zero-order valence-corrected chi connectivity index (χ0v) is 14.8. The molecule has 1 aromatic heterocycles. The zero-order chi connectivity index (χ0) is 16.9. The van der Waals surface area contributed by atoms with Gasteiger partial charge in [0.25, 0.3) is 0 Å². The van der Waals surface area contributed by atoms with Crippen LogP contribution in [0.5, 0.6) is 5.88 Å². The van der Waals surface area contributed by atoms with Gasteiger partial charge in [-0.25, -0.2) is 4.98 Å². The van der Waals surface area contributed by atoms with E-state index in [1.54, 1.807) is 6.07 Å². The fourth-order valence-electron chi connectivity index (χ4n) is 2.21. The van der Waals surface area contributed by atoms with Crippen LogP contribution in [0.2, 0.25) is 0 Å². The second-order valence-corrected chi connectivity index (χ2v) is 5.15. The van der Waals surface area contributed by atoms with Crippen molar-refractivity contribution < 1.29 is 27.4 Å². The van der Waals surface area contributed by atoms with E-state index in [4.69, 9.17) is 10.5 Å². The van der Waals surface area contributed by atoms with Gasteiger partial charge in [0.05, 0.1) is 6.10 Å². The van der Waals surface area contributed by atoms with Crippen LogP contribution in [0.15, 0.2) is 18.3 Å². The molecule has 2 atom stereocenters. The Morgan fingerprint density at radius 2 is 2.12 bits per heavy atom. The molecular weight excluding hydrogens is 386 g/mol. The van der Waals surface area contributed by atoms with Gasteiger partial charge >= 0.3 is 6.18 Å². The summed E-state index contributed by atoms with van der Waals surface area (Å²) in [7, 11) is 0. The maximum absolute atomic E-state index is 12.2. The largest absolute Gasteiger partial charge is 0.468 e. The minimum absolute atomic E-state index is 0. The third kappa shape index (κ3) is 7.64. The molecule has 0 bridgehead atoms. The van der Waals surface area contributed by atoms with Crippen LogP contribution in [-0.2, 0) is 16.1 Å². The number of hydrogen-bond donors (Lipinski definition) is 2. The number of hydrogen-bond acceptors (Lipinski definition) is 5. The van der Waals surface area contributed by atoms with Gasteiger partial charge in [-0.3, -0.25) is 4.79 Å². The zero-order valence-electron chi connectivity index (χ0n) is 13.1. The van der Waals surface area contributed by atoms with Gasteiger partial charge in [0.1, 0.15) is 6.10 Å². The van der Waals surface area contributed by atoms with E-state index in [0.29, 0.717) is 24.9 Å². The molecule has 1 aromatic rings. The smallest absolute Gasteiger partial charge is 0.422 e. The van der Waals surface area contributed by atoms with Crippen LogP contribution in [0.1, 0.15) is 18.4 Å². The van der Waals surface area contributed by atoms with Crippen LogP contribution in [-0.4, -0.2) is 42.4 Å². The molecule has 1 aliphatic heterocycles. The van der Waals surface area contributed by atoms with Crippen LogP contribution in [0.4, 0.5) is 13.2 Å². The number of pyridine rings is 1. The molecule has 6 nitrogen and oxygen atoms in total. The average molecular weight is 406 g/mol. The lowest BCUT2D eigenvalue weighted by Crippen LogP contribution is -2.35. The van der Waals surface area contributed by atoms with Gasteiger partial charge in [-0.15, -0.1) is 24.8 Å². The highest BCUT2D eigenvalue weighted by Gasteiger charge is 2.30. The van der Waals surface area contributed by atoms with E-state index in [1.807, 2.05) is 0 Å². The number of nitrogens with zero attached hydrogens (tertiary/aromatic N) is 1. The Morgan fingerprint density at radius 3 is 2.72 bits per heavy atom. The van der Waals surface area contributed by atoms with Gasteiger partial charge < -0.3 is 20.5 Å². The van der Waals surface area contributed by atoms with E-state index in [1.165, 1.54) is 12.3 Å². The third-order valence-electron chi connectivity index (χ3n) is 3.34. The van der Waals surface area contributed by atoms with Gasteiger partial charge in [-0.2, -0.15) is 13.2 Å². The molecule has 1 amide bonds. The summed E-state index contributed by atoms with van der Waals surface area (Å²) in [5, 5.41) is 2.62. The van der Waals surface area contributed by atoms with Crippen molar-refractivity contribution in [2.75, 3.05) is 13.2 Å². The first-order valence-electron chi connectivity index (χ1n) is 7.15. The number of rotatable bonds is 6. The summed E-state index contributed by atoms with van der Waals surface area (Å²) >= 11 is 0. The molecular formula is C14H20Cl2F3N3O3. The highest BCUT2D eigenvalue weighted by Crippen LogP contribution is 2.21. The molecule has 3 N–H and O–H groups in total. The SMILES string of the molecule is Cl.Cl.NC[C@H]1CC[C@@H](C(=O)NCc2cccnc2OCC(F)(F)F)O1. The number of alkyl halides is 3. The maximum atomic E-state index is 12.2. The molecule has 2 heterocycles. The molecule has 144 valence electrons. The van der Waals surface area contributed by atoms with E-state index >= 15 is 0 Å². The standard InChI is InChI=1S/C14H18F3N3O3.2ClH/c15-14(16,17)8-22-13-9(2-1-5-19-13)7-20-12(21)11-4-3-10(6-18)23-11;;/h1-2,5,10-11H,3-4,6-8,18H2,(H,20,21);2*1H/t10-,11+;;/m1../s1. The van der Waals surface area contributed by atoms with E-state index in [0.717, 1.165) is 0 Å². The van der Waals surface area contributed by atoms with Crippen LogP contribution < -0.4 is 15.8 Å². The maximum Gasteiger partial charge on any atom is 0.422 e. The number of nitrogens with two attached hydrogens (primary N) is 1. The Morgan fingerprint density at radius 1 is 1.40 bits per heavy atom. The van der Waals surface area contributed by atoms with Crippen molar-refractivity contribution in [2.45, 2.75) is 37.8 Å². The highest BCUT2D eigenvalue weighted by atomic mass is 35.5. The van der Waals surface area contributed by atoms with Crippen LogP contribution in [0, 0.1) is 0 Å². The fourth-order valence-corrected chi connectivity index (χ4v) is 2.21. The fraction of sp³-hybridized carbons (Fsp3) is 0.571. The molecule has 2 rings (SSSR count). The van der Waals surface area contributed by atoms with Crippen LogP contribution in [0.25, 0.3) is 0 Å². The Balaban J connectivity index is 0.00000288. The summed E-state index contributed by atoms with van der Waals surface area (Å²) in [6.07, 6.45) is -2.57. The van der Waals surface area contributed by atoms with Crippen LogP contribution in [0.3, 0.4) is 0 Å². The Kier molecular flexibility index (Phi) is 10.1. The van der Waals surface area contributed by atoms with Crippen molar-refractivity contribution in [3.63, 3.8) is 0 Å². The summed E-state index contributed by atoms with van der Waals surface area (Å²) < 4.78 is 46.7. The predicted octanol–water partition coefficient (Wildman–Crippen LogP) is 1.99. The first-order chi connectivity index (χ1) is 10.9. The molecule has 1 saturated heterocycles. The summed E-state index contributed by atoms with van der Waals surface area (Å²) in [4.78, 5) is 15.8. The summed E-state index contributed by atoms with van der Waals surface area (Å²) in [5.41, 5.74) is 5.84. The van der Waals surface area contributed by atoms with E-state index in [9.17, 15) is 18.0 Å². The first-order valence-corrected chi connectivity index (χ1v) is 7.15. The van der Waals surface area contributed by atoms with E-state index in [2.05, 4.69) is 15.0 Å². The van der Waals surface area contributed by atoms with Gasteiger partial charge in [0, 0.05) is 24.8 Å². The number of halogens is 5. The van der Waals surface area contributed by atoms with Crippen molar-refractivity contribution in [1.29, 1.82) is 0 Å². The van der Waals surface area contributed by atoms with E-state index < -0.39 is 18.9 Å². The minimum Gasteiger partial charge on any atom is -0.468 e. The highest BCUT2D eigenvalue weighted by molar-refractivity contribution is 5.85. The van der Waals surface area contributed by atoms with Crippen molar-refractivity contribution in [2.24, 2.45) is 5.73 Å². The van der Waals surface area contributed by atoms with Crippen molar-refractivity contribution in [1.82, 2.24) is 10.3 Å². The number of ether oxygens (including phenoxy) is 2. The monoisotopic (exact) mass is 405 g/mol. The third-order valence-corrected chi connectivity index (χ3v) is 3.34. The minimum atomic E-state index is -4.45. The molecule has 11 heteroatoms. The topological polar surface area (TPSA) is 86.5 Å². The molecule has 1 fully saturated rings. The first kappa shape index (κ1) is 23.7. The lowest BCUT2D eigenvalue weighted by Gasteiger charge is -2.14. The number of nitrogens with one attached hydrogen (secondary N) is 1. The molecule has 0 unspecified atom stereocenters. The molecule has 25 heavy (non-hydrogen) atoms. The summed E-state index contributed by atoms with van der Waals surface area (Å²) in [6.45, 7) is -1.08. The normalized spacial score (nSPS) is 19.5. The van der Waals surface area contributed by atoms with Gasteiger partial charge in [0.15, 0.2) is 6.61 Å². The number of carbonyl (C=O) groups is 1. The van der Waals surface area contributed by atoms with Crippen molar-refractivity contribution >= 4 is 30.7 Å². The molecule has 1 aliphatic rings. The van der Waals surface area contributed by atoms with E-state index in [-0.39, 0.29) is 49.2 Å². The van der Waals surface area contributed by atoms with Gasteiger partial charge in [-0.1, -0.05) is 6.07 Å². The van der Waals surface area contributed by atoms with Gasteiger partial charge in [0.2, 0.25) is 11.8 Å². The quantitative estimate of drug-likeness (QED) is 0.755.